The molecule has 392 valence electrons. The number of unbranched alkanes of at least 4 members (excludes halogenated alkanes) is 1. The lowest BCUT2D eigenvalue weighted by atomic mass is 9.69. The van der Waals surface area contributed by atoms with Gasteiger partial charge in [-0.3, -0.25) is 9.59 Å². The Kier molecular flexibility index (Phi) is 15.9. The second kappa shape index (κ2) is 22.5. The molecule has 0 radical (unpaired) electrons. The molecule has 0 bridgehead atoms. The van der Waals surface area contributed by atoms with E-state index in [1.807, 2.05) is 26.8 Å². The SMILES string of the molecule is Cc1ncsc1-c1ccc([C@H](C)NC(=O)[C@@H]2C[C@@H](O)CN2C(=O)[C@H](C(C)C)n2cc(OCCCCN3CCCN(c4nccc(-c5noc([C@@]6(CCO)CCCc7sc(N)c(C#N)c76)n5)n4)[C@@H](C)C3)nn2)c(O)c1. The van der Waals surface area contributed by atoms with Crippen molar-refractivity contribution in [2.24, 2.45) is 5.92 Å². The molecular weight excluding hydrogens is 985 g/mol. The molecule has 2 fully saturated rings. The number of rotatable bonds is 18. The molecule has 0 saturated carbocycles. The molecule has 2 aliphatic heterocycles. The summed E-state index contributed by atoms with van der Waals surface area (Å²) >= 11 is 2.90. The Labute approximate surface area is 437 Å². The van der Waals surface area contributed by atoms with E-state index in [9.17, 15) is 30.2 Å². The Hall–Kier alpha value is -6.58. The number of fused-ring (bicyclic) bond motifs is 1. The van der Waals surface area contributed by atoms with Gasteiger partial charge in [-0.2, -0.15) is 10.2 Å². The normalized spacial score (nSPS) is 21.0. The number of anilines is 2. The number of aliphatic hydroxyl groups excluding tert-OH is 2. The number of hydrogen-bond donors (Lipinski definition) is 5. The van der Waals surface area contributed by atoms with Gasteiger partial charge in [0.25, 0.3) is 5.88 Å². The Morgan fingerprint density at radius 2 is 1.96 bits per heavy atom. The first kappa shape index (κ1) is 52.3. The second-order valence-corrected chi connectivity index (χ2v) is 22.0. The van der Waals surface area contributed by atoms with Crippen molar-refractivity contribution in [3.8, 4) is 39.7 Å². The molecule has 0 spiro atoms. The van der Waals surface area contributed by atoms with Gasteiger partial charge in [0.2, 0.25) is 29.5 Å². The third-order valence-electron chi connectivity index (χ3n) is 14.5. The summed E-state index contributed by atoms with van der Waals surface area (Å²) in [4.78, 5) is 54.8. The fraction of sp³-hybridized carbons (Fsp3) is 0.529. The van der Waals surface area contributed by atoms with Crippen molar-refractivity contribution in [1.29, 1.82) is 5.26 Å². The molecule has 5 aromatic heterocycles. The number of nitrogens with one attached hydrogen (secondary N) is 1. The molecule has 6 N–H and O–H groups in total. The average molecular weight is 1050 g/mol. The number of β-amino-alcohol motifs (C(OH)–C–C–N with tert-alkyl or cyclic N) is 1. The highest BCUT2D eigenvalue weighted by atomic mass is 32.1. The number of thiophene rings is 1. The molecule has 2 amide bonds. The van der Waals surface area contributed by atoms with Gasteiger partial charge in [0.05, 0.1) is 52.0 Å². The fourth-order valence-electron chi connectivity index (χ4n) is 10.9. The average Bonchev–Trinajstić information content (AvgIpc) is 4.24. The van der Waals surface area contributed by atoms with Gasteiger partial charge in [0, 0.05) is 60.9 Å². The highest BCUT2D eigenvalue weighted by Crippen LogP contribution is 2.50. The van der Waals surface area contributed by atoms with E-state index < -0.39 is 35.6 Å². The summed E-state index contributed by atoms with van der Waals surface area (Å²) in [5, 5.41) is 58.2. The predicted octanol–water partition coefficient (Wildman–Crippen LogP) is 5.57. The van der Waals surface area contributed by atoms with Crippen LogP contribution in [0.5, 0.6) is 11.6 Å². The van der Waals surface area contributed by atoms with E-state index in [2.05, 4.69) is 53.5 Å². The van der Waals surface area contributed by atoms with Gasteiger partial charge in [-0.25, -0.2) is 19.6 Å². The summed E-state index contributed by atoms with van der Waals surface area (Å²) in [7, 11) is 0. The van der Waals surface area contributed by atoms with Crippen LogP contribution in [0, 0.1) is 24.2 Å². The predicted molar refractivity (Wildman–Crippen MR) is 277 cm³/mol. The van der Waals surface area contributed by atoms with E-state index in [0.29, 0.717) is 58.9 Å². The van der Waals surface area contributed by atoms with Crippen LogP contribution in [-0.4, -0.2) is 141 Å². The molecular formula is C51H64N14O7S2. The Bertz CT molecular complexity index is 2990. The molecule has 23 heteroatoms. The molecule has 0 unspecified atom stereocenters. The van der Waals surface area contributed by atoms with Crippen LogP contribution in [0.1, 0.15) is 118 Å². The molecule has 3 aliphatic rings. The topological polar surface area (TPSA) is 284 Å². The number of likely N-dealkylation sites (tertiary alicyclic amines) is 1. The van der Waals surface area contributed by atoms with Crippen molar-refractivity contribution in [3.63, 3.8) is 0 Å². The van der Waals surface area contributed by atoms with Gasteiger partial charge < -0.3 is 50.3 Å². The molecule has 9 rings (SSSR count). The maximum atomic E-state index is 14.3. The third-order valence-corrected chi connectivity index (χ3v) is 16.6. The van der Waals surface area contributed by atoms with Crippen LogP contribution in [0.15, 0.2) is 46.7 Å². The number of benzene rings is 1. The van der Waals surface area contributed by atoms with Crippen molar-refractivity contribution in [3.05, 3.63) is 75.3 Å². The number of carbonyl (C=O) groups excluding carboxylic acids is 2. The Balaban J connectivity index is 0.761. The number of nitriles is 1. The molecule has 6 aromatic rings. The number of phenolic OH excluding ortho intramolecular Hbond substituents is 1. The number of ether oxygens (including phenoxy) is 1. The summed E-state index contributed by atoms with van der Waals surface area (Å²) < 4.78 is 13.4. The summed E-state index contributed by atoms with van der Waals surface area (Å²) in [5.74, 6) is 0.529. The van der Waals surface area contributed by atoms with Crippen LogP contribution < -0.4 is 20.7 Å². The van der Waals surface area contributed by atoms with Gasteiger partial charge in [-0.15, -0.1) is 22.7 Å². The van der Waals surface area contributed by atoms with Gasteiger partial charge >= 0.3 is 0 Å². The zero-order valence-corrected chi connectivity index (χ0v) is 44.0. The van der Waals surface area contributed by atoms with Gasteiger partial charge in [0.1, 0.15) is 34.6 Å². The van der Waals surface area contributed by atoms with Crippen LogP contribution in [0.25, 0.3) is 22.0 Å². The minimum Gasteiger partial charge on any atom is -0.508 e. The quantitative estimate of drug-likeness (QED) is 0.0658. The van der Waals surface area contributed by atoms with E-state index in [0.717, 1.165) is 84.9 Å². The number of aromatic nitrogens is 8. The lowest BCUT2D eigenvalue weighted by molar-refractivity contribution is -0.142. The summed E-state index contributed by atoms with van der Waals surface area (Å²) in [6, 6.07) is 7.16. The number of thiazole rings is 1. The van der Waals surface area contributed by atoms with Crippen molar-refractivity contribution in [2.75, 3.05) is 56.6 Å². The lowest BCUT2D eigenvalue weighted by Crippen LogP contribution is -2.49. The summed E-state index contributed by atoms with van der Waals surface area (Å²) in [5.41, 5.74) is 11.2. The van der Waals surface area contributed by atoms with E-state index >= 15 is 0 Å². The van der Waals surface area contributed by atoms with Crippen molar-refractivity contribution in [2.45, 2.75) is 122 Å². The first-order valence-corrected chi connectivity index (χ1v) is 27.0. The number of aliphatic hydroxyl groups is 2. The maximum absolute atomic E-state index is 14.3. The molecule has 6 atom stereocenters. The van der Waals surface area contributed by atoms with Crippen LogP contribution in [0.2, 0.25) is 0 Å². The highest BCUT2D eigenvalue weighted by Gasteiger charge is 2.47. The standard InChI is InChI=1S/C51H64N14O7S2/c1-29(2)43(48(70)64-26-34(67)23-38(64)47(69)56-31(4)35-12-11-33(22-39(35)68)44-32(5)55-28-73-44)65-27-41(59-61-65)71-21-7-6-17-62-18-9-19-63(30(3)25-62)50-54-16-13-37(57-50)46-58-49(72-60-46)51(15-20-66)14-8-10-40-42(51)36(24-52)45(53)74-40/h11-13,16,22,27-31,34,38,43,66-68H,6-10,14-15,17-21,23,25-26,53H2,1-5H3,(H,56,69)/t30-,31-,34+,38-,43-,51+/m0/s1. The first-order valence-electron chi connectivity index (χ1n) is 25.4. The van der Waals surface area contributed by atoms with Gasteiger partial charge in [-0.1, -0.05) is 41.4 Å². The van der Waals surface area contributed by atoms with Gasteiger partial charge in [-0.05, 0) is 102 Å². The molecule has 1 aromatic carbocycles. The number of nitrogens with two attached hydrogens (primary N) is 1. The number of phenols is 1. The fourth-order valence-corrected chi connectivity index (χ4v) is 12.8. The molecule has 74 heavy (non-hydrogen) atoms. The minimum absolute atomic E-state index is 0.00720. The monoisotopic (exact) mass is 1050 g/mol. The minimum atomic E-state index is -0.926. The number of hydrogen-bond acceptors (Lipinski definition) is 20. The van der Waals surface area contributed by atoms with Crippen LogP contribution in [0.4, 0.5) is 10.9 Å². The van der Waals surface area contributed by atoms with E-state index in [1.165, 1.54) is 32.3 Å². The van der Waals surface area contributed by atoms with E-state index in [4.69, 9.17) is 25.0 Å². The number of carbonyl (C=O) groups is 2. The first-order chi connectivity index (χ1) is 35.7. The number of nitrogen functional groups attached to an aromatic ring is 1. The van der Waals surface area contributed by atoms with E-state index in [1.54, 1.807) is 43.0 Å². The molecule has 21 nitrogen and oxygen atoms in total. The van der Waals surface area contributed by atoms with Gasteiger partial charge in [0.15, 0.2) is 0 Å². The maximum Gasteiger partial charge on any atom is 0.253 e. The third kappa shape index (κ3) is 10.7. The number of aryl methyl sites for hydroxylation is 2. The number of aromatic hydroxyl groups is 1. The summed E-state index contributed by atoms with van der Waals surface area (Å²) in [6.45, 7) is 13.2. The highest BCUT2D eigenvalue weighted by molar-refractivity contribution is 7.16. The smallest absolute Gasteiger partial charge is 0.253 e. The zero-order valence-electron chi connectivity index (χ0n) is 42.3. The zero-order chi connectivity index (χ0) is 52.3. The largest absolute Gasteiger partial charge is 0.508 e. The number of amides is 2. The molecule has 7 heterocycles. The lowest BCUT2D eigenvalue weighted by Gasteiger charge is -2.34. The van der Waals surface area contributed by atoms with Crippen LogP contribution in [-0.2, 0) is 21.4 Å². The Morgan fingerprint density at radius 1 is 1.12 bits per heavy atom. The molecule has 2 saturated heterocycles. The summed E-state index contributed by atoms with van der Waals surface area (Å²) in [6.07, 6.45) is 7.65. The second-order valence-electron chi connectivity index (χ2n) is 20.0. The van der Waals surface area contributed by atoms with E-state index in [-0.39, 0.29) is 49.1 Å². The van der Waals surface area contributed by atoms with Crippen molar-refractivity contribution < 1.29 is 34.2 Å². The van der Waals surface area contributed by atoms with Crippen molar-refractivity contribution >= 4 is 45.4 Å². The van der Waals surface area contributed by atoms with Crippen LogP contribution >= 0.6 is 22.7 Å². The number of nitrogens with zero attached hydrogens (tertiary/aromatic N) is 12. The van der Waals surface area contributed by atoms with Crippen LogP contribution in [0.3, 0.4) is 0 Å². The Morgan fingerprint density at radius 3 is 2.72 bits per heavy atom. The molecule has 1 aliphatic carbocycles. The van der Waals surface area contributed by atoms with Crippen molar-refractivity contribution in [1.82, 2.24) is 55.2 Å².